The first kappa shape index (κ1) is 19.3. The van der Waals surface area contributed by atoms with Gasteiger partial charge in [-0.3, -0.25) is 4.79 Å². The van der Waals surface area contributed by atoms with E-state index in [0.29, 0.717) is 24.1 Å². The molecular weight excluding hydrogens is 384 g/mol. The van der Waals surface area contributed by atoms with Crippen LogP contribution in [0.15, 0.2) is 70.1 Å². The summed E-state index contributed by atoms with van der Waals surface area (Å²) in [4.78, 5) is 15.3. The average molecular weight is 407 g/mol. The predicted molar refractivity (Wildman–Crippen MR) is 114 cm³/mol. The molecule has 0 atom stereocenters. The number of fused-ring (bicyclic) bond motifs is 1. The Labute approximate surface area is 173 Å². The van der Waals surface area contributed by atoms with E-state index in [4.69, 9.17) is 4.42 Å². The SMILES string of the molecule is Cc1nnc(CN(C)C(=O)CSc2cn(Cc3ccccc3)c3ccccc23)o1. The fraction of sp³-hybridized carbons (Fsp3) is 0.227. The number of benzene rings is 2. The summed E-state index contributed by atoms with van der Waals surface area (Å²) in [6, 6.07) is 18.7. The van der Waals surface area contributed by atoms with Crippen LogP contribution in [0.25, 0.3) is 10.9 Å². The summed E-state index contributed by atoms with van der Waals surface area (Å²) >= 11 is 1.55. The van der Waals surface area contributed by atoms with Crippen molar-refractivity contribution in [3.63, 3.8) is 0 Å². The van der Waals surface area contributed by atoms with Gasteiger partial charge in [0.25, 0.3) is 0 Å². The molecule has 1 amide bonds. The third-order valence-electron chi connectivity index (χ3n) is 4.66. The number of carbonyl (C=O) groups excluding carboxylic acids is 1. The summed E-state index contributed by atoms with van der Waals surface area (Å²) in [5.41, 5.74) is 2.41. The van der Waals surface area contributed by atoms with Gasteiger partial charge in [-0.1, -0.05) is 48.5 Å². The Balaban J connectivity index is 1.47. The fourth-order valence-corrected chi connectivity index (χ4v) is 4.21. The summed E-state index contributed by atoms with van der Waals surface area (Å²) in [5, 5.41) is 8.91. The number of hydrogen-bond acceptors (Lipinski definition) is 5. The lowest BCUT2D eigenvalue weighted by Gasteiger charge is -2.14. The lowest BCUT2D eigenvalue weighted by atomic mass is 10.2. The normalized spacial score (nSPS) is 11.1. The quantitative estimate of drug-likeness (QED) is 0.432. The van der Waals surface area contributed by atoms with Crippen LogP contribution in [-0.2, 0) is 17.9 Å². The van der Waals surface area contributed by atoms with Crippen LogP contribution in [0.1, 0.15) is 17.3 Å². The smallest absolute Gasteiger partial charge is 0.235 e. The van der Waals surface area contributed by atoms with Crippen LogP contribution in [0.2, 0.25) is 0 Å². The summed E-state index contributed by atoms with van der Waals surface area (Å²) in [5.74, 6) is 1.32. The lowest BCUT2D eigenvalue weighted by molar-refractivity contribution is -0.127. The summed E-state index contributed by atoms with van der Waals surface area (Å²) in [6.07, 6.45) is 2.14. The number of aryl methyl sites for hydroxylation is 1. The molecule has 2 heterocycles. The van der Waals surface area contributed by atoms with Crippen LogP contribution < -0.4 is 0 Å². The molecule has 29 heavy (non-hydrogen) atoms. The minimum absolute atomic E-state index is 0.0192. The first-order valence-corrected chi connectivity index (χ1v) is 10.4. The monoisotopic (exact) mass is 406 g/mol. The number of para-hydroxylation sites is 1. The Kier molecular flexibility index (Phi) is 5.67. The molecule has 2 aromatic carbocycles. The number of thioether (sulfide) groups is 1. The van der Waals surface area contributed by atoms with Crippen molar-refractivity contribution in [2.75, 3.05) is 12.8 Å². The highest BCUT2D eigenvalue weighted by Crippen LogP contribution is 2.30. The molecule has 0 spiro atoms. The van der Waals surface area contributed by atoms with E-state index in [1.165, 1.54) is 11.1 Å². The summed E-state index contributed by atoms with van der Waals surface area (Å²) < 4.78 is 7.60. The molecule has 0 N–H and O–H groups in total. The van der Waals surface area contributed by atoms with Gasteiger partial charge in [-0.15, -0.1) is 22.0 Å². The van der Waals surface area contributed by atoms with E-state index in [-0.39, 0.29) is 5.91 Å². The molecule has 148 valence electrons. The van der Waals surface area contributed by atoms with Gasteiger partial charge in [0.05, 0.1) is 12.3 Å². The van der Waals surface area contributed by atoms with Crippen LogP contribution in [-0.4, -0.2) is 38.4 Å². The second-order valence-electron chi connectivity index (χ2n) is 6.88. The average Bonchev–Trinajstić information content (AvgIpc) is 3.30. The van der Waals surface area contributed by atoms with Crippen molar-refractivity contribution < 1.29 is 9.21 Å². The van der Waals surface area contributed by atoms with Crippen molar-refractivity contribution in [2.45, 2.75) is 24.9 Å². The largest absolute Gasteiger partial charge is 0.424 e. The second kappa shape index (κ2) is 8.53. The molecule has 7 heteroatoms. The molecule has 0 fully saturated rings. The zero-order valence-corrected chi connectivity index (χ0v) is 17.2. The van der Waals surface area contributed by atoms with E-state index >= 15 is 0 Å². The summed E-state index contributed by atoms with van der Waals surface area (Å²) in [7, 11) is 1.75. The van der Waals surface area contributed by atoms with Crippen molar-refractivity contribution in [1.29, 1.82) is 0 Å². The third kappa shape index (κ3) is 4.51. The van der Waals surface area contributed by atoms with Gasteiger partial charge < -0.3 is 13.9 Å². The summed E-state index contributed by atoms with van der Waals surface area (Å²) in [6.45, 7) is 2.85. The Morgan fingerprint density at radius 3 is 2.62 bits per heavy atom. The van der Waals surface area contributed by atoms with E-state index in [1.54, 1.807) is 30.6 Å². The second-order valence-corrected chi connectivity index (χ2v) is 7.89. The van der Waals surface area contributed by atoms with E-state index in [9.17, 15) is 4.79 Å². The molecule has 4 aromatic rings. The zero-order valence-electron chi connectivity index (χ0n) is 16.4. The van der Waals surface area contributed by atoms with Gasteiger partial charge in [0.2, 0.25) is 17.7 Å². The lowest BCUT2D eigenvalue weighted by Crippen LogP contribution is -2.27. The van der Waals surface area contributed by atoms with E-state index in [0.717, 1.165) is 16.8 Å². The molecular formula is C22H22N4O2S. The van der Waals surface area contributed by atoms with Gasteiger partial charge in [-0.25, -0.2) is 0 Å². The van der Waals surface area contributed by atoms with Crippen molar-refractivity contribution in [3.8, 4) is 0 Å². The molecule has 0 saturated heterocycles. The molecule has 0 unspecified atom stereocenters. The van der Waals surface area contributed by atoms with Crippen molar-refractivity contribution in [2.24, 2.45) is 0 Å². The van der Waals surface area contributed by atoms with E-state index in [1.807, 2.05) is 18.2 Å². The number of aromatic nitrogens is 3. The maximum absolute atomic E-state index is 12.6. The molecule has 0 aliphatic heterocycles. The highest BCUT2D eigenvalue weighted by atomic mass is 32.2. The van der Waals surface area contributed by atoms with Crippen LogP contribution >= 0.6 is 11.8 Å². The third-order valence-corrected chi connectivity index (χ3v) is 5.69. The molecule has 4 rings (SSSR count). The van der Waals surface area contributed by atoms with Crippen molar-refractivity contribution >= 4 is 28.6 Å². The van der Waals surface area contributed by atoms with Crippen LogP contribution in [0.3, 0.4) is 0 Å². The van der Waals surface area contributed by atoms with Gasteiger partial charge >= 0.3 is 0 Å². The Morgan fingerprint density at radius 1 is 1.10 bits per heavy atom. The first-order chi connectivity index (χ1) is 14.1. The standard InChI is InChI=1S/C22H22N4O2S/c1-16-23-24-21(28-16)14-25(2)22(27)15-29-20-13-26(12-17-8-4-3-5-9-17)19-11-7-6-10-18(19)20/h3-11,13H,12,14-15H2,1-2H3. The van der Waals surface area contributed by atoms with Crippen LogP contribution in [0.5, 0.6) is 0 Å². The highest BCUT2D eigenvalue weighted by molar-refractivity contribution is 8.00. The maximum Gasteiger partial charge on any atom is 0.235 e. The number of amides is 1. The van der Waals surface area contributed by atoms with Gasteiger partial charge in [0.1, 0.15) is 0 Å². The molecule has 6 nitrogen and oxygen atoms in total. The van der Waals surface area contributed by atoms with Gasteiger partial charge in [0.15, 0.2) is 0 Å². The van der Waals surface area contributed by atoms with Crippen molar-refractivity contribution in [3.05, 3.63) is 78.1 Å². The number of carbonyl (C=O) groups is 1. The Bertz CT molecular complexity index is 1120. The number of nitrogens with zero attached hydrogens (tertiary/aromatic N) is 4. The van der Waals surface area contributed by atoms with E-state index in [2.05, 4.69) is 57.4 Å². The van der Waals surface area contributed by atoms with E-state index < -0.39 is 0 Å². The minimum atomic E-state index is 0.0192. The van der Waals surface area contributed by atoms with Crippen LogP contribution in [0, 0.1) is 6.92 Å². The number of rotatable bonds is 7. The van der Waals surface area contributed by atoms with Gasteiger partial charge in [-0.2, -0.15) is 0 Å². The first-order valence-electron chi connectivity index (χ1n) is 9.37. The topological polar surface area (TPSA) is 64.2 Å². The Morgan fingerprint density at radius 2 is 1.86 bits per heavy atom. The predicted octanol–water partition coefficient (Wildman–Crippen LogP) is 4.13. The molecule has 0 bridgehead atoms. The minimum Gasteiger partial charge on any atom is -0.424 e. The Hall–Kier alpha value is -3.06. The fourth-order valence-electron chi connectivity index (χ4n) is 3.18. The molecule has 2 aromatic heterocycles. The van der Waals surface area contributed by atoms with Gasteiger partial charge in [0, 0.05) is 42.5 Å². The molecule has 0 saturated carbocycles. The molecule has 0 radical (unpaired) electrons. The van der Waals surface area contributed by atoms with Crippen molar-refractivity contribution in [1.82, 2.24) is 19.7 Å². The zero-order chi connectivity index (χ0) is 20.2. The number of hydrogen-bond donors (Lipinski definition) is 0. The van der Waals surface area contributed by atoms with Gasteiger partial charge in [-0.05, 0) is 11.6 Å². The molecule has 0 aliphatic rings. The van der Waals surface area contributed by atoms with Crippen LogP contribution in [0.4, 0.5) is 0 Å². The maximum atomic E-state index is 12.6. The highest BCUT2D eigenvalue weighted by Gasteiger charge is 2.15. The molecule has 0 aliphatic carbocycles.